The molecule has 0 aliphatic carbocycles. The van der Waals surface area contributed by atoms with Gasteiger partial charge in [0.2, 0.25) is 0 Å². The van der Waals surface area contributed by atoms with Crippen LogP contribution in [0.15, 0.2) is 12.1 Å². The second-order valence-electron chi connectivity index (χ2n) is 4.95. The Labute approximate surface area is 144 Å². The van der Waals surface area contributed by atoms with Gasteiger partial charge in [-0.3, -0.25) is 10.1 Å². The van der Waals surface area contributed by atoms with Gasteiger partial charge >= 0.3 is 12.0 Å². The van der Waals surface area contributed by atoms with Gasteiger partial charge in [-0.1, -0.05) is 11.6 Å². The predicted molar refractivity (Wildman–Crippen MR) is 86.6 cm³/mol. The highest BCUT2D eigenvalue weighted by atomic mass is 35.5. The molecule has 0 atom stereocenters. The van der Waals surface area contributed by atoms with E-state index in [9.17, 15) is 14.4 Å². The average molecular weight is 359 g/mol. The summed E-state index contributed by atoms with van der Waals surface area (Å²) in [5.41, 5.74) is 0.0806. The molecule has 0 radical (unpaired) electrons. The molecule has 0 bridgehead atoms. The number of ether oxygens (including phenoxy) is 3. The molecule has 0 aliphatic heterocycles. The van der Waals surface area contributed by atoms with E-state index in [1.807, 2.05) is 5.32 Å². The Morgan fingerprint density at radius 3 is 2.38 bits per heavy atom. The molecule has 0 fully saturated rings. The SMILES string of the molecule is COc1cc(C(=O)OCC(=O)NC(=O)NC(C)C)cc(Cl)c1OC. The van der Waals surface area contributed by atoms with Gasteiger partial charge in [-0.05, 0) is 26.0 Å². The second kappa shape index (κ2) is 8.97. The van der Waals surface area contributed by atoms with Gasteiger partial charge in [0.1, 0.15) is 0 Å². The van der Waals surface area contributed by atoms with E-state index in [1.165, 1.54) is 26.4 Å². The lowest BCUT2D eigenvalue weighted by molar-refractivity contribution is -0.123. The van der Waals surface area contributed by atoms with Gasteiger partial charge in [0.25, 0.3) is 5.91 Å². The highest BCUT2D eigenvalue weighted by Crippen LogP contribution is 2.36. The molecule has 0 heterocycles. The largest absolute Gasteiger partial charge is 0.493 e. The van der Waals surface area contributed by atoms with E-state index < -0.39 is 24.5 Å². The van der Waals surface area contributed by atoms with Crippen molar-refractivity contribution in [2.45, 2.75) is 19.9 Å². The average Bonchev–Trinajstić information content (AvgIpc) is 2.50. The molecule has 24 heavy (non-hydrogen) atoms. The molecule has 1 aromatic rings. The fourth-order valence-corrected chi connectivity index (χ4v) is 2.00. The Morgan fingerprint density at radius 1 is 1.17 bits per heavy atom. The first-order valence-corrected chi connectivity index (χ1v) is 7.35. The van der Waals surface area contributed by atoms with E-state index in [4.69, 9.17) is 25.8 Å². The maximum Gasteiger partial charge on any atom is 0.338 e. The number of benzene rings is 1. The van der Waals surface area contributed by atoms with Crippen LogP contribution in [0.4, 0.5) is 4.79 Å². The number of methoxy groups -OCH3 is 2. The number of esters is 1. The van der Waals surface area contributed by atoms with Crippen LogP contribution in [0.2, 0.25) is 5.02 Å². The maximum atomic E-state index is 12.0. The molecule has 0 saturated heterocycles. The number of amides is 3. The highest BCUT2D eigenvalue weighted by molar-refractivity contribution is 6.32. The van der Waals surface area contributed by atoms with Crippen molar-refractivity contribution in [1.82, 2.24) is 10.6 Å². The molecule has 0 saturated carbocycles. The molecule has 0 unspecified atom stereocenters. The maximum absolute atomic E-state index is 12.0. The molecule has 0 aliphatic rings. The molecule has 1 rings (SSSR count). The fraction of sp³-hybridized carbons (Fsp3) is 0.400. The minimum Gasteiger partial charge on any atom is -0.493 e. The number of hydrogen-bond acceptors (Lipinski definition) is 6. The molecule has 8 nitrogen and oxygen atoms in total. The molecule has 3 amide bonds. The summed E-state index contributed by atoms with van der Waals surface area (Å²) < 4.78 is 15.0. The summed E-state index contributed by atoms with van der Waals surface area (Å²) in [6.45, 7) is 2.87. The van der Waals surface area contributed by atoms with Crippen molar-refractivity contribution in [2.24, 2.45) is 0 Å². The van der Waals surface area contributed by atoms with Crippen LogP contribution >= 0.6 is 11.6 Å². The number of nitrogens with one attached hydrogen (secondary N) is 2. The molecule has 132 valence electrons. The van der Waals surface area contributed by atoms with E-state index in [0.717, 1.165) is 0 Å². The minimum atomic E-state index is -0.794. The normalized spacial score (nSPS) is 10.1. The third kappa shape index (κ3) is 5.62. The van der Waals surface area contributed by atoms with Crippen LogP contribution in [-0.4, -0.2) is 44.8 Å². The lowest BCUT2D eigenvalue weighted by Crippen LogP contribution is -2.44. The lowest BCUT2D eigenvalue weighted by Gasteiger charge is -2.12. The van der Waals surface area contributed by atoms with Crippen LogP contribution in [0.3, 0.4) is 0 Å². The Hall–Kier alpha value is -2.48. The van der Waals surface area contributed by atoms with Gasteiger partial charge in [0, 0.05) is 6.04 Å². The molecular formula is C15H19ClN2O6. The molecule has 2 N–H and O–H groups in total. The topological polar surface area (TPSA) is 103 Å². The summed E-state index contributed by atoms with van der Waals surface area (Å²) in [5.74, 6) is -1.03. The third-order valence-electron chi connectivity index (χ3n) is 2.68. The number of urea groups is 1. The third-order valence-corrected chi connectivity index (χ3v) is 2.96. The molecule has 0 aromatic heterocycles. The smallest absolute Gasteiger partial charge is 0.338 e. The number of imide groups is 1. The van der Waals surface area contributed by atoms with Crippen molar-refractivity contribution in [3.63, 3.8) is 0 Å². The zero-order valence-corrected chi connectivity index (χ0v) is 14.5. The summed E-state index contributed by atoms with van der Waals surface area (Å²) >= 11 is 5.99. The summed E-state index contributed by atoms with van der Waals surface area (Å²) in [5, 5.41) is 4.66. The number of rotatable bonds is 6. The summed E-state index contributed by atoms with van der Waals surface area (Å²) in [6.07, 6.45) is 0. The molecular weight excluding hydrogens is 340 g/mol. The van der Waals surface area contributed by atoms with Gasteiger partial charge in [-0.15, -0.1) is 0 Å². The standard InChI is InChI=1S/C15H19ClN2O6/c1-8(2)17-15(21)18-12(19)7-24-14(20)9-5-10(16)13(23-4)11(6-9)22-3/h5-6,8H,7H2,1-4H3,(H2,17,18,19,21). The van der Waals surface area contributed by atoms with Crippen LogP contribution < -0.4 is 20.1 Å². The quantitative estimate of drug-likeness (QED) is 0.751. The molecule has 1 aromatic carbocycles. The Balaban J connectivity index is 2.67. The zero-order valence-electron chi connectivity index (χ0n) is 13.8. The first-order chi connectivity index (χ1) is 11.3. The van der Waals surface area contributed by atoms with Gasteiger partial charge in [0.15, 0.2) is 18.1 Å². The van der Waals surface area contributed by atoms with Gasteiger partial charge < -0.3 is 19.5 Å². The van der Waals surface area contributed by atoms with Gasteiger partial charge in [-0.25, -0.2) is 9.59 Å². The van der Waals surface area contributed by atoms with Crippen LogP contribution in [0.1, 0.15) is 24.2 Å². The van der Waals surface area contributed by atoms with E-state index in [1.54, 1.807) is 13.8 Å². The number of hydrogen-bond donors (Lipinski definition) is 2. The van der Waals surface area contributed by atoms with Crippen LogP contribution in [0.5, 0.6) is 11.5 Å². The Kier molecular flexibility index (Phi) is 7.31. The second-order valence-corrected chi connectivity index (χ2v) is 5.35. The summed E-state index contributed by atoms with van der Waals surface area (Å²) in [4.78, 5) is 34.9. The Bertz CT molecular complexity index is 633. The molecule has 0 spiro atoms. The summed E-state index contributed by atoms with van der Waals surface area (Å²) in [6, 6.07) is 1.90. The van der Waals surface area contributed by atoms with Crippen LogP contribution in [0.25, 0.3) is 0 Å². The summed E-state index contributed by atoms with van der Waals surface area (Å²) in [7, 11) is 2.80. The Morgan fingerprint density at radius 2 is 1.83 bits per heavy atom. The van der Waals surface area contributed by atoms with Crippen molar-refractivity contribution >= 4 is 29.5 Å². The van der Waals surface area contributed by atoms with E-state index in [2.05, 4.69) is 5.32 Å². The fourth-order valence-electron chi connectivity index (χ4n) is 1.71. The van der Waals surface area contributed by atoms with Crippen LogP contribution in [-0.2, 0) is 9.53 Å². The van der Waals surface area contributed by atoms with Crippen molar-refractivity contribution in [3.05, 3.63) is 22.7 Å². The van der Waals surface area contributed by atoms with E-state index in [-0.39, 0.29) is 28.1 Å². The van der Waals surface area contributed by atoms with Crippen LogP contribution in [0, 0.1) is 0 Å². The van der Waals surface area contributed by atoms with E-state index in [0.29, 0.717) is 0 Å². The number of carbonyl (C=O) groups excluding carboxylic acids is 3. The van der Waals surface area contributed by atoms with Crippen molar-refractivity contribution in [2.75, 3.05) is 20.8 Å². The molecule has 9 heteroatoms. The van der Waals surface area contributed by atoms with Crippen molar-refractivity contribution in [1.29, 1.82) is 0 Å². The van der Waals surface area contributed by atoms with Gasteiger partial charge in [0.05, 0.1) is 24.8 Å². The van der Waals surface area contributed by atoms with Gasteiger partial charge in [-0.2, -0.15) is 0 Å². The monoisotopic (exact) mass is 358 g/mol. The first-order valence-electron chi connectivity index (χ1n) is 6.97. The zero-order chi connectivity index (χ0) is 18.3. The minimum absolute atomic E-state index is 0.0806. The van der Waals surface area contributed by atoms with Crippen molar-refractivity contribution < 1.29 is 28.6 Å². The highest BCUT2D eigenvalue weighted by Gasteiger charge is 2.17. The first kappa shape index (κ1) is 19.6. The number of carbonyl (C=O) groups is 3. The van der Waals surface area contributed by atoms with E-state index >= 15 is 0 Å². The van der Waals surface area contributed by atoms with Crippen molar-refractivity contribution in [3.8, 4) is 11.5 Å². The predicted octanol–water partition coefficient (Wildman–Crippen LogP) is 1.75. The lowest BCUT2D eigenvalue weighted by atomic mass is 10.2. The number of halogens is 1.